The number of rotatable bonds is 6. The average molecular weight is 230 g/mol. The molecule has 88 valence electrons. The molecule has 1 saturated heterocycles. The number of likely N-dealkylation sites (tertiary alicyclic amines) is 1. The fraction of sp³-hybridized carbons (Fsp3) is 0.909. The fourth-order valence-corrected chi connectivity index (χ4v) is 2.14. The van der Waals surface area contributed by atoms with Crippen molar-refractivity contribution in [3.63, 3.8) is 0 Å². The van der Waals surface area contributed by atoms with Gasteiger partial charge in [-0.25, -0.2) is 0 Å². The molecule has 15 heavy (non-hydrogen) atoms. The monoisotopic (exact) mass is 230 g/mol. The number of nitrogens with zero attached hydrogens (tertiary/aromatic N) is 1. The number of carbonyl (C=O) groups is 1. The lowest BCUT2D eigenvalue weighted by Gasteiger charge is -2.20. The minimum atomic E-state index is 0.0824. The lowest BCUT2D eigenvalue weighted by Crippen LogP contribution is -2.40. The molecule has 1 amide bonds. The molecule has 0 aliphatic carbocycles. The van der Waals surface area contributed by atoms with E-state index in [0.29, 0.717) is 11.2 Å². The summed E-state index contributed by atoms with van der Waals surface area (Å²) in [5, 5.41) is 3.84. The van der Waals surface area contributed by atoms with Crippen LogP contribution in [0.1, 0.15) is 26.7 Å². The third-order valence-electron chi connectivity index (χ3n) is 2.82. The second kappa shape index (κ2) is 6.38. The van der Waals surface area contributed by atoms with Crippen LogP contribution in [0.3, 0.4) is 0 Å². The van der Waals surface area contributed by atoms with E-state index in [-0.39, 0.29) is 6.04 Å². The Bertz CT molecular complexity index is 211. The molecule has 4 heteroatoms. The zero-order valence-electron chi connectivity index (χ0n) is 9.95. The Morgan fingerprint density at radius 3 is 3.00 bits per heavy atom. The number of nitrogens with one attached hydrogen (secondary N) is 1. The Kier molecular flexibility index (Phi) is 5.47. The van der Waals surface area contributed by atoms with E-state index in [1.807, 2.05) is 16.7 Å². The molecule has 1 aliphatic heterocycles. The Morgan fingerprint density at radius 2 is 2.40 bits per heavy atom. The second-order valence-electron chi connectivity index (χ2n) is 4.13. The number of hydrogen-bond acceptors (Lipinski definition) is 3. The highest BCUT2D eigenvalue weighted by Gasteiger charge is 2.31. The van der Waals surface area contributed by atoms with Gasteiger partial charge in [0, 0.05) is 18.3 Å². The van der Waals surface area contributed by atoms with Crippen LogP contribution in [-0.4, -0.2) is 48.0 Å². The minimum Gasteiger partial charge on any atom is -0.340 e. The van der Waals surface area contributed by atoms with Crippen LogP contribution in [0.2, 0.25) is 0 Å². The molecule has 0 saturated carbocycles. The third-order valence-corrected chi connectivity index (χ3v) is 3.77. The zero-order valence-corrected chi connectivity index (χ0v) is 10.8. The molecular formula is C11H22N2OS. The predicted molar refractivity (Wildman–Crippen MR) is 66.3 cm³/mol. The summed E-state index contributed by atoms with van der Waals surface area (Å²) >= 11 is 1.82. The SMILES string of the molecule is CCCNC1CCN(CC(C)SC)C1=O. The Labute approximate surface area is 97.0 Å². The van der Waals surface area contributed by atoms with Gasteiger partial charge in [0.25, 0.3) is 0 Å². The van der Waals surface area contributed by atoms with Crippen molar-refractivity contribution in [2.45, 2.75) is 38.0 Å². The molecule has 1 N–H and O–H groups in total. The molecule has 0 radical (unpaired) electrons. The Morgan fingerprint density at radius 1 is 1.67 bits per heavy atom. The van der Waals surface area contributed by atoms with Gasteiger partial charge in [0.1, 0.15) is 0 Å². The predicted octanol–water partition coefficient (Wildman–Crippen LogP) is 1.34. The maximum absolute atomic E-state index is 11.9. The lowest BCUT2D eigenvalue weighted by molar-refractivity contribution is -0.129. The van der Waals surface area contributed by atoms with Crippen molar-refractivity contribution in [3.8, 4) is 0 Å². The van der Waals surface area contributed by atoms with Crippen LogP contribution in [0, 0.1) is 0 Å². The highest BCUT2D eigenvalue weighted by Crippen LogP contribution is 2.15. The molecule has 2 atom stereocenters. The summed E-state index contributed by atoms with van der Waals surface area (Å²) in [4.78, 5) is 13.9. The molecule has 0 spiro atoms. The van der Waals surface area contributed by atoms with Gasteiger partial charge in [-0.2, -0.15) is 11.8 Å². The van der Waals surface area contributed by atoms with Crippen LogP contribution < -0.4 is 5.32 Å². The normalized spacial score (nSPS) is 23.5. The highest BCUT2D eigenvalue weighted by molar-refractivity contribution is 7.99. The third kappa shape index (κ3) is 3.68. The molecule has 0 bridgehead atoms. The van der Waals surface area contributed by atoms with Gasteiger partial charge in [-0.1, -0.05) is 13.8 Å². The van der Waals surface area contributed by atoms with Crippen molar-refractivity contribution >= 4 is 17.7 Å². The van der Waals surface area contributed by atoms with E-state index < -0.39 is 0 Å². The number of carbonyl (C=O) groups excluding carboxylic acids is 1. The summed E-state index contributed by atoms with van der Waals surface area (Å²) in [5.41, 5.74) is 0. The van der Waals surface area contributed by atoms with E-state index in [9.17, 15) is 4.79 Å². The largest absolute Gasteiger partial charge is 0.340 e. The summed E-state index contributed by atoms with van der Waals surface area (Å²) in [5.74, 6) is 0.296. The minimum absolute atomic E-state index is 0.0824. The first kappa shape index (κ1) is 12.8. The van der Waals surface area contributed by atoms with Gasteiger partial charge in [-0.05, 0) is 25.6 Å². The van der Waals surface area contributed by atoms with E-state index in [1.54, 1.807) is 0 Å². The van der Waals surface area contributed by atoms with E-state index in [1.165, 1.54) is 0 Å². The summed E-state index contributed by atoms with van der Waals surface area (Å²) in [6.45, 7) is 7.06. The van der Waals surface area contributed by atoms with Gasteiger partial charge in [0.15, 0.2) is 0 Å². The maximum Gasteiger partial charge on any atom is 0.239 e. The summed E-state index contributed by atoms with van der Waals surface area (Å²) in [7, 11) is 0. The first-order chi connectivity index (χ1) is 7.19. The van der Waals surface area contributed by atoms with Crippen LogP contribution >= 0.6 is 11.8 Å². The van der Waals surface area contributed by atoms with Crippen LogP contribution in [0.25, 0.3) is 0 Å². The summed E-state index contributed by atoms with van der Waals surface area (Å²) in [6, 6.07) is 0.0824. The average Bonchev–Trinajstić information content (AvgIpc) is 2.57. The molecular weight excluding hydrogens is 208 g/mol. The summed E-state index contributed by atoms with van der Waals surface area (Å²) in [6.07, 6.45) is 4.16. The van der Waals surface area contributed by atoms with Crippen LogP contribution in [0.4, 0.5) is 0 Å². The van der Waals surface area contributed by atoms with Crippen LogP contribution in [0.5, 0.6) is 0 Å². The fourth-order valence-electron chi connectivity index (χ4n) is 1.81. The molecule has 0 aromatic heterocycles. The molecule has 0 aromatic carbocycles. The Hall–Kier alpha value is -0.220. The molecule has 2 unspecified atom stereocenters. The van der Waals surface area contributed by atoms with E-state index in [0.717, 1.165) is 32.5 Å². The van der Waals surface area contributed by atoms with Crippen molar-refractivity contribution in [1.82, 2.24) is 10.2 Å². The first-order valence-corrected chi connectivity index (χ1v) is 7.02. The molecule has 0 aromatic rings. The van der Waals surface area contributed by atoms with Gasteiger partial charge in [-0.3, -0.25) is 4.79 Å². The molecule has 1 rings (SSSR count). The molecule has 1 aliphatic rings. The summed E-state index contributed by atoms with van der Waals surface area (Å²) < 4.78 is 0. The van der Waals surface area contributed by atoms with Crippen molar-refractivity contribution in [2.24, 2.45) is 0 Å². The van der Waals surface area contributed by atoms with Gasteiger partial charge in [-0.15, -0.1) is 0 Å². The maximum atomic E-state index is 11.9. The van der Waals surface area contributed by atoms with Crippen molar-refractivity contribution < 1.29 is 4.79 Å². The molecule has 1 heterocycles. The molecule has 3 nitrogen and oxygen atoms in total. The second-order valence-corrected chi connectivity index (χ2v) is 5.40. The van der Waals surface area contributed by atoms with Crippen molar-refractivity contribution in [2.75, 3.05) is 25.9 Å². The van der Waals surface area contributed by atoms with Gasteiger partial charge < -0.3 is 10.2 Å². The topological polar surface area (TPSA) is 32.3 Å². The van der Waals surface area contributed by atoms with E-state index >= 15 is 0 Å². The van der Waals surface area contributed by atoms with Crippen LogP contribution in [0.15, 0.2) is 0 Å². The van der Waals surface area contributed by atoms with Crippen LogP contribution in [-0.2, 0) is 4.79 Å². The number of thioether (sulfide) groups is 1. The Balaban J connectivity index is 2.35. The number of amides is 1. The molecule has 1 fully saturated rings. The smallest absolute Gasteiger partial charge is 0.239 e. The quantitative estimate of drug-likeness (QED) is 0.747. The van der Waals surface area contributed by atoms with Gasteiger partial charge >= 0.3 is 0 Å². The van der Waals surface area contributed by atoms with E-state index in [2.05, 4.69) is 25.4 Å². The highest BCUT2D eigenvalue weighted by atomic mass is 32.2. The van der Waals surface area contributed by atoms with E-state index in [4.69, 9.17) is 0 Å². The standard InChI is InChI=1S/C11H22N2OS/c1-4-6-12-10-5-7-13(11(10)14)8-9(2)15-3/h9-10,12H,4-8H2,1-3H3. The van der Waals surface area contributed by atoms with Crippen molar-refractivity contribution in [1.29, 1.82) is 0 Å². The number of hydrogen-bond donors (Lipinski definition) is 1. The zero-order chi connectivity index (χ0) is 11.3. The van der Waals surface area contributed by atoms with Gasteiger partial charge in [0.05, 0.1) is 6.04 Å². The first-order valence-electron chi connectivity index (χ1n) is 5.74. The van der Waals surface area contributed by atoms with Gasteiger partial charge in [0.2, 0.25) is 5.91 Å². The lowest BCUT2D eigenvalue weighted by atomic mass is 10.2. The van der Waals surface area contributed by atoms with Crippen molar-refractivity contribution in [3.05, 3.63) is 0 Å².